The minimum Gasteiger partial charge on any atom is -0.493 e. The van der Waals surface area contributed by atoms with Crippen LogP contribution in [0.4, 0.5) is 0 Å². The number of amides is 1. The van der Waals surface area contributed by atoms with Gasteiger partial charge in [0.25, 0.3) is 0 Å². The summed E-state index contributed by atoms with van der Waals surface area (Å²) in [6.45, 7) is 1.97. The van der Waals surface area contributed by atoms with Crippen LogP contribution in [0.2, 0.25) is 0 Å². The SMILES string of the molecule is COc1ccc(CC(=O)N2CCC3(CC2)CC(O)CCO3)cc1OC. The first-order valence-electron chi connectivity index (χ1n) is 8.86. The van der Waals surface area contributed by atoms with Crippen molar-refractivity contribution in [2.24, 2.45) is 0 Å². The van der Waals surface area contributed by atoms with Gasteiger partial charge >= 0.3 is 0 Å². The van der Waals surface area contributed by atoms with E-state index in [1.165, 1.54) is 0 Å². The average molecular weight is 349 g/mol. The molecule has 1 unspecified atom stereocenters. The van der Waals surface area contributed by atoms with E-state index in [0.717, 1.165) is 18.4 Å². The summed E-state index contributed by atoms with van der Waals surface area (Å²) in [5.41, 5.74) is 0.671. The number of likely N-dealkylation sites (tertiary alicyclic amines) is 1. The fourth-order valence-electron chi connectivity index (χ4n) is 3.79. The molecule has 3 rings (SSSR count). The number of hydrogen-bond donors (Lipinski definition) is 1. The molecule has 0 saturated carbocycles. The molecule has 138 valence electrons. The molecule has 2 aliphatic rings. The van der Waals surface area contributed by atoms with Gasteiger partial charge in [-0.2, -0.15) is 0 Å². The van der Waals surface area contributed by atoms with E-state index in [2.05, 4.69) is 0 Å². The fraction of sp³-hybridized carbons (Fsp3) is 0.632. The first-order chi connectivity index (χ1) is 12.0. The van der Waals surface area contributed by atoms with Gasteiger partial charge in [-0.25, -0.2) is 0 Å². The number of piperidine rings is 1. The van der Waals surface area contributed by atoms with E-state index in [0.29, 0.717) is 50.5 Å². The molecule has 1 atom stereocenters. The quantitative estimate of drug-likeness (QED) is 0.897. The Balaban J connectivity index is 1.58. The molecule has 1 aromatic carbocycles. The fourth-order valence-corrected chi connectivity index (χ4v) is 3.79. The summed E-state index contributed by atoms with van der Waals surface area (Å²) in [7, 11) is 3.18. The molecular weight excluding hydrogens is 322 g/mol. The van der Waals surface area contributed by atoms with Crippen molar-refractivity contribution in [1.82, 2.24) is 4.90 Å². The first-order valence-corrected chi connectivity index (χ1v) is 8.86. The van der Waals surface area contributed by atoms with Crippen LogP contribution in [0.1, 0.15) is 31.2 Å². The summed E-state index contributed by atoms with van der Waals surface area (Å²) in [6, 6.07) is 5.57. The Bertz CT molecular complexity index is 610. The predicted molar refractivity (Wildman–Crippen MR) is 93.0 cm³/mol. The van der Waals surface area contributed by atoms with Gasteiger partial charge in [-0.1, -0.05) is 6.07 Å². The van der Waals surface area contributed by atoms with Gasteiger partial charge < -0.3 is 24.2 Å². The van der Waals surface area contributed by atoms with Crippen LogP contribution in [0.5, 0.6) is 11.5 Å². The molecule has 6 nitrogen and oxygen atoms in total. The van der Waals surface area contributed by atoms with E-state index in [-0.39, 0.29) is 17.6 Å². The van der Waals surface area contributed by atoms with Crippen LogP contribution >= 0.6 is 0 Å². The third kappa shape index (κ3) is 4.07. The van der Waals surface area contributed by atoms with Crippen LogP contribution in [0.3, 0.4) is 0 Å². The van der Waals surface area contributed by atoms with Crippen LogP contribution < -0.4 is 9.47 Å². The number of nitrogens with zero attached hydrogens (tertiary/aromatic N) is 1. The van der Waals surface area contributed by atoms with Crippen molar-refractivity contribution in [3.8, 4) is 11.5 Å². The minimum absolute atomic E-state index is 0.110. The van der Waals surface area contributed by atoms with E-state index in [4.69, 9.17) is 14.2 Å². The average Bonchev–Trinajstić information content (AvgIpc) is 2.62. The van der Waals surface area contributed by atoms with E-state index >= 15 is 0 Å². The molecule has 25 heavy (non-hydrogen) atoms. The lowest BCUT2D eigenvalue weighted by atomic mass is 9.83. The van der Waals surface area contributed by atoms with Crippen LogP contribution in [0.25, 0.3) is 0 Å². The molecule has 0 aromatic heterocycles. The maximum atomic E-state index is 12.6. The molecule has 2 fully saturated rings. The molecule has 6 heteroatoms. The highest BCUT2D eigenvalue weighted by atomic mass is 16.5. The summed E-state index contributed by atoms with van der Waals surface area (Å²) in [4.78, 5) is 14.5. The molecule has 2 aliphatic heterocycles. The molecule has 0 bridgehead atoms. The Morgan fingerprint density at radius 1 is 1.28 bits per heavy atom. The number of benzene rings is 1. The number of carbonyl (C=O) groups excluding carboxylic acids is 1. The normalized spacial score (nSPS) is 22.7. The van der Waals surface area contributed by atoms with Crippen molar-refractivity contribution in [3.05, 3.63) is 23.8 Å². The second kappa shape index (κ2) is 7.62. The first kappa shape index (κ1) is 18.0. The van der Waals surface area contributed by atoms with E-state index in [9.17, 15) is 9.90 Å². The summed E-state index contributed by atoms with van der Waals surface area (Å²) in [5.74, 6) is 1.40. The van der Waals surface area contributed by atoms with Crippen LogP contribution in [-0.4, -0.2) is 61.5 Å². The second-order valence-electron chi connectivity index (χ2n) is 6.92. The van der Waals surface area contributed by atoms with Crippen LogP contribution in [0.15, 0.2) is 18.2 Å². The number of rotatable bonds is 4. The molecule has 1 aromatic rings. The van der Waals surface area contributed by atoms with Gasteiger partial charge in [-0.15, -0.1) is 0 Å². The van der Waals surface area contributed by atoms with Crippen molar-refractivity contribution in [2.45, 2.75) is 43.8 Å². The molecule has 2 heterocycles. The molecule has 0 aliphatic carbocycles. The monoisotopic (exact) mass is 349 g/mol. The van der Waals surface area contributed by atoms with Crippen molar-refractivity contribution in [3.63, 3.8) is 0 Å². The highest BCUT2D eigenvalue weighted by Crippen LogP contribution is 2.35. The lowest BCUT2D eigenvalue weighted by Crippen LogP contribution is -2.51. The largest absolute Gasteiger partial charge is 0.493 e. The van der Waals surface area contributed by atoms with Gasteiger partial charge in [0.1, 0.15) is 0 Å². The number of carbonyl (C=O) groups is 1. The topological polar surface area (TPSA) is 68.2 Å². The Kier molecular flexibility index (Phi) is 5.49. The number of aliphatic hydroxyl groups excluding tert-OH is 1. The minimum atomic E-state index is -0.275. The Labute approximate surface area is 148 Å². The Morgan fingerprint density at radius 2 is 2.00 bits per heavy atom. The third-order valence-electron chi connectivity index (χ3n) is 5.30. The van der Waals surface area contributed by atoms with Gasteiger partial charge in [0, 0.05) is 26.1 Å². The summed E-state index contributed by atoms with van der Waals surface area (Å²) >= 11 is 0. The summed E-state index contributed by atoms with van der Waals surface area (Å²) < 4.78 is 16.5. The molecule has 1 spiro atoms. The standard InChI is InChI=1S/C19H27NO5/c1-23-16-4-3-14(11-17(16)24-2)12-18(22)20-8-6-19(7-9-20)13-15(21)5-10-25-19/h3-4,11,15,21H,5-10,12-13H2,1-2H3. The number of hydrogen-bond acceptors (Lipinski definition) is 5. The molecule has 2 saturated heterocycles. The Hall–Kier alpha value is -1.79. The van der Waals surface area contributed by atoms with Crippen molar-refractivity contribution in [1.29, 1.82) is 0 Å². The number of methoxy groups -OCH3 is 2. The zero-order valence-corrected chi connectivity index (χ0v) is 15.0. The Morgan fingerprint density at radius 3 is 2.64 bits per heavy atom. The van der Waals surface area contributed by atoms with Gasteiger partial charge in [-0.3, -0.25) is 4.79 Å². The predicted octanol–water partition coefficient (Wildman–Crippen LogP) is 1.78. The maximum Gasteiger partial charge on any atom is 0.226 e. The zero-order chi connectivity index (χ0) is 17.9. The smallest absolute Gasteiger partial charge is 0.226 e. The molecule has 0 radical (unpaired) electrons. The lowest BCUT2D eigenvalue weighted by Gasteiger charge is -2.45. The van der Waals surface area contributed by atoms with Gasteiger partial charge in [0.15, 0.2) is 11.5 Å². The van der Waals surface area contributed by atoms with E-state index < -0.39 is 0 Å². The number of aliphatic hydroxyl groups is 1. The molecule has 1 amide bonds. The maximum absolute atomic E-state index is 12.6. The lowest BCUT2D eigenvalue weighted by molar-refractivity contribution is -0.153. The highest BCUT2D eigenvalue weighted by Gasteiger charge is 2.40. The third-order valence-corrected chi connectivity index (χ3v) is 5.30. The van der Waals surface area contributed by atoms with E-state index in [1.54, 1.807) is 14.2 Å². The van der Waals surface area contributed by atoms with Crippen LogP contribution in [0, 0.1) is 0 Å². The summed E-state index contributed by atoms with van der Waals surface area (Å²) in [6.07, 6.45) is 3.05. The van der Waals surface area contributed by atoms with Crippen molar-refractivity contribution in [2.75, 3.05) is 33.9 Å². The summed E-state index contributed by atoms with van der Waals surface area (Å²) in [5, 5.41) is 9.91. The van der Waals surface area contributed by atoms with Crippen LogP contribution in [-0.2, 0) is 16.0 Å². The van der Waals surface area contributed by atoms with E-state index in [1.807, 2.05) is 23.1 Å². The van der Waals surface area contributed by atoms with Crippen molar-refractivity contribution < 1.29 is 24.1 Å². The molecule has 1 N–H and O–H groups in total. The second-order valence-corrected chi connectivity index (χ2v) is 6.92. The number of ether oxygens (including phenoxy) is 3. The zero-order valence-electron chi connectivity index (χ0n) is 15.0. The molecular formula is C19H27NO5. The van der Waals surface area contributed by atoms with Gasteiger partial charge in [-0.05, 0) is 37.0 Å². The van der Waals surface area contributed by atoms with Gasteiger partial charge in [0.2, 0.25) is 5.91 Å². The highest BCUT2D eigenvalue weighted by molar-refractivity contribution is 5.79. The van der Waals surface area contributed by atoms with Crippen molar-refractivity contribution >= 4 is 5.91 Å². The van der Waals surface area contributed by atoms with Gasteiger partial charge in [0.05, 0.1) is 32.3 Å².